The molecule has 0 atom stereocenters. The van der Waals surface area contributed by atoms with E-state index < -0.39 is 10.8 Å². The molecule has 2 heterocycles. The Labute approximate surface area is 187 Å². The Bertz CT molecular complexity index is 1300. The standard InChI is InChI=1S/C23H19FN4O5/c1-15-10-19(6-8-21(15)28(30)31)32-14-20-7-9-22(33-20)23(29)26-18-11-25-27(13-18)12-16-2-4-17(24)5-3-16/h2-11,13H,12,14H2,1H3,(H,26,29). The number of nitro groups is 1. The summed E-state index contributed by atoms with van der Waals surface area (Å²) in [5.74, 6) is 0.212. The SMILES string of the molecule is Cc1cc(OCc2ccc(C(=O)Nc3cnn(Cc4ccc(F)cc4)c3)o2)ccc1[N+](=O)[O-]. The van der Waals surface area contributed by atoms with Crippen molar-refractivity contribution in [3.05, 3.63) is 106 Å². The molecule has 4 rings (SSSR count). The molecule has 9 nitrogen and oxygen atoms in total. The largest absolute Gasteiger partial charge is 0.486 e. The number of halogens is 1. The number of rotatable bonds is 8. The predicted molar refractivity (Wildman–Crippen MR) is 117 cm³/mol. The fourth-order valence-electron chi connectivity index (χ4n) is 3.14. The lowest BCUT2D eigenvalue weighted by molar-refractivity contribution is -0.385. The van der Waals surface area contributed by atoms with Gasteiger partial charge < -0.3 is 14.5 Å². The van der Waals surface area contributed by atoms with Gasteiger partial charge in [0.25, 0.3) is 11.6 Å². The van der Waals surface area contributed by atoms with Crippen LogP contribution in [0.2, 0.25) is 0 Å². The van der Waals surface area contributed by atoms with E-state index >= 15 is 0 Å². The van der Waals surface area contributed by atoms with Crippen molar-refractivity contribution in [2.75, 3.05) is 5.32 Å². The third kappa shape index (κ3) is 5.42. The number of hydrogen-bond donors (Lipinski definition) is 1. The first kappa shape index (κ1) is 21.8. The number of anilines is 1. The quantitative estimate of drug-likeness (QED) is 0.307. The van der Waals surface area contributed by atoms with Crippen LogP contribution in [-0.4, -0.2) is 20.6 Å². The van der Waals surface area contributed by atoms with Gasteiger partial charge in [0.05, 0.1) is 23.4 Å². The van der Waals surface area contributed by atoms with E-state index in [1.54, 1.807) is 42.1 Å². The molecule has 168 valence electrons. The summed E-state index contributed by atoms with van der Waals surface area (Å²) in [4.78, 5) is 22.9. The van der Waals surface area contributed by atoms with E-state index in [4.69, 9.17) is 9.15 Å². The molecule has 0 unspecified atom stereocenters. The lowest BCUT2D eigenvalue weighted by Crippen LogP contribution is -2.10. The Morgan fingerprint density at radius 1 is 1.21 bits per heavy atom. The van der Waals surface area contributed by atoms with E-state index in [0.717, 1.165) is 5.56 Å². The van der Waals surface area contributed by atoms with Crippen LogP contribution >= 0.6 is 0 Å². The van der Waals surface area contributed by atoms with Crippen LogP contribution in [-0.2, 0) is 13.2 Å². The maximum atomic E-state index is 13.0. The summed E-state index contributed by atoms with van der Waals surface area (Å²) in [6, 6.07) is 13.7. The second-order valence-electron chi connectivity index (χ2n) is 7.27. The second-order valence-corrected chi connectivity index (χ2v) is 7.27. The normalized spacial score (nSPS) is 10.7. The van der Waals surface area contributed by atoms with Crippen molar-refractivity contribution in [2.24, 2.45) is 0 Å². The minimum absolute atomic E-state index is 0.0142. The summed E-state index contributed by atoms with van der Waals surface area (Å²) >= 11 is 0. The minimum Gasteiger partial charge on any atom is -0.486 e. The van der Waals surface area contributed by atoms with Crippen molar-refractivity contribution in [3.63, 3.8) is 0 Å². The topological polar surface area (TPSA) is 112 Å². The number of ether oxygens (including phenoxy) is 1. The first-order valence-corrected chi connectivity index (χ1v) is 9.92. The Balaban J connectivity index is 1.32. The molecule has 0 fully saturated rings. The zero-order valence-corrected chi connectivity index (χ0v) is 17.5. The fourth-order valence-corrected chi connectivity index (χ4v) is 3.14. The van der Waals surface area contributed by atoms with Crippen LogP contribution in [0, 0.1) is 22.9 Å². The van der Waals surface area contributed by atoms with Crippen LogP contribution in [0.3, 0.4) is 0 Å². The first-order valence-electron chi connectivity index (χ1n) is 9.92. The lowest BCUT2D eigenvalue weighted by Gasteiger charge is -2.05. The van der Waals surface area contributed by atoms with Gasteiger partial charge in [0.2, 0.25) is 0 Å². The average Bonchev–Trinajstić information content (AvgIpc) is 3.43. The van der Waals surface area contributed by atoms with Gasteiger partial charge in [-0.15, -0.1) is 0 Å². The summed E-state index contributed by atoms with van der Waals surface area (Å²) in [6.45, 7) is 2.11. The number of hydrogen-bond acceptors (Lipinski definition) is 6. The molecule has 0 radical (unpaired) electrons. The van der Waals surface area contributed by atoms with Gasteiger partial charge in [-0.1, -0.05) is 12.1 Å². The summed E-state index contributed by atoms with van der Waals surface area (Å²) in [7, 11) is 0. The van der Waals surface area contributed by atoms with Gasteiger partial charge >= 0.3 is 0 Å². The highest BCUT2D eigenvalue weighted by Crippen LogP contribution is 2.24. The van der Waals surface area contributed by atoms with Crippen LogP contribution in [0.25, 0.3) is 0 Å². The van der Waals surface area contributed by atoms with E-state index in [-0.39, 0.29) is 23.9 Å². The third-order valence-corrected chi connectivity index (χ3v) is 4.78. The number of aryl methyl sites for hydroxylation is 1. The maximum absolute atomic E-state index is 13.0. The minimum atomic E-state index is -0.455. The highest BCUT2D eigenvalue weighted by molar-refractivity contribution is 6.02. The van der Waals surface area contributed by atoms with E-state index in [2.05, 4.69) is 10.4 Å². The van der Waals surface area contributed by atoms with Crippen LogP contribution in [0.15, 0.2) is 71.4 Å². The van der Waals surface area contributed by atoms with Gasteiger partial charge in [-0.25, -0.2) is 4.39 Å². The smallest absolute Gasteiger partial charge is 0.291 e. The number of amides is 1. The van der Waals surface area contributed by atoms with E-state index in [0.29, 0.717) is 29.3 Å². The number of carbonyl (C=O) groups excluding carboxylic acids is 1. The molecule has 0 saturated carbocycles. The van der Waals surface area contributed by atoms with Crippen LogP contribution in [0.5, 0.6) is 5.75 Å². The number of carbonyl (C=O) groups is 1. The van der Waals surface area contributed by atoms with Crippen LogP contribution < -0.4 is 10.1 Å². The fraction of sp³-hybridized carbons (Fsp3) is 0.130. The zero-order chi connectivity index (χ0) is 23.4. The monoisotopic (exact) mass is 450 g/mol. The number of nitrogens with zero attached hydrogens (tertiary/aromatic N) is 3. The van der Waals surface area contributed by atoms with Crippen molar-refractivity contribution in [1.82, 2.24) is 9.78 Å². The molecule has 0 spiro atoms. The summed E-state index contributed by atoms with van der Waals surface area (Å²) in [6.07, 6.45) is 3.16. The van der Waals surface area contributed by atoms with Crippen molar-refractivity contribution in [2.45, 2.75) is 20.1 Å². The van der Waals surface area contributed by atoms with Crippen molar-refractivity contribution < 1.29 is 23.3 Å². The van der Waals surface area contributed by atoms with Crippen molar-refractivity contribution >= 4 is 17.3 Å². The van der Waals surface area contributed by atoms with Gasteiger partial charge in [0.15, 0.2) is 5.76 Å². The van der Waals surface area contributed by atoms with Gasteiger partial charge in [-0.05, 0) is 48.9 Å². The van der Waals surface area contributed by atoms with Gasteiger partial charge in [0, 0.05) is 17.8 Å². The maximum Gasteiger partial charge on any atom is 0.291 e. The van der Waals surface area contributed by atoms with E-state index in [1.165, 1.54) is 36.5 Å². The molecule has 10 heteroatoms. The molecule has 1 N–H and O–H groups in total. The van der Waals surface area contributed by atoms with Crippen molar-refractivity contribution in [1.29, 1.82) is 0 Å². The highest BCUT2D eigenvalue weighted by Gasteiger charge is 2.14. The third-order valence-electron chi connectivity index (χ3n) is 4.78. The summed E-state index contributed by atoms with van der Waals surface area (Å²) in [5, 5.41) is 17.8. The Kier molecular flexibility index (Phi) is 6.16. The molecular weight excluding hydrogens is 431 g/mol. The molecule has 0 aliphatic rings. The summed E-state index contributed by atoms with van der Waals surface area (Å²) < 4.78 is 25.8. The zero-order valence-electron chi connectivity index (χ0n) is 17.5. The Morgan fingerprint density at radius 3 is 2.73 bits per heavy atom. The molecule has 0 saturated heterocycles. The molecule has 33 heavy (non-hydrogen) atoms. The number of furan rings is 1. The molecule has 0 aliphatic heterocycles. The second kappa shape index (κ2) is 9.35. The number of nitrogens with one attached hydrogen (secondary N) is 1. The van der Waals surface area contributed by atoms with Gasteiger partial charge in [-0.3, -0.25) is 19.6 Å². The molecule has 4 aromatic rings. The first-order chi connectivity index (χ1) is 15.9. The van der Waals surface area contributed by atoms with Gasteiger partial charge in [0.1, 0.15) is 23.9 Å². The van der Waals surface area contributed by atoms with Crippen LogP contribution in [0.1, 0.15) is 27.4 Å². The molecule has 2 aromatic carbocycles. The Morgan fingerprint density at radius 2 is 2.00 bits per heavy atom. The number of nitro benzene ring substituents is 1. The molecule has 2 aromatic heterocycles. The van der Waals surface area contributed by atoms with Crippen molar-refractivity contribution in [3.8, 4) is 5.75 Å². The molecule has 0 aliphatic carbocycles. The summed E-state index contributed by atoms with van der Waals surface area (Å²) in [5.41, 5.74) is 1.85. The van der Waals surface area contributed by atoms with Gasteiger partial charge in [-0.2, -0.15) is 5.10 Å². The molecule has 0 bridgehead atoms. The Hall–Kier alpha value is -4.47. The highest BCUT2D eigenvalue weighted by atomic mass is 19.1. The van der Waals surface area contributed by atoms with E-state index in [9.17, 15) is 19.3 Å². The predicted octanol–water partition coefficient (Wildman–Crippen LogP) is 4.71. The molecular formula is C23H19FN4O5. The van der Waals surface area contributed by atoms with Crippen LogP contribution in [0.4, 0.5) is 15.8 Å². The molecule has 1 amide bonds. The number of benzene rings is 2. The van der Waals surface area contributed by atoms with E-state index in [1.807, 2.05) is 0 Å². The average molecular weight is 450 g/mol. The lowest BCUT2D eigenvalue weighted by atomic mass is 10.2. The number of aromatic nitrogens is 2.